The maximum absolute atomic E-state index is 12.4. The van der Waals surface area contributed by atoms with Crippen molar-refractivity contribution < 1.29 is 4.79 Å². The van der Waals surface area contributed by atoms with Gasteiger partial charge in [-0.1, -0.05) is 25.0 Å². The van der Waals surface area contributed by atoms with Crippen molar-refractivity contribution in [3.8, 4) is 10.7 Å². The average molecular weight is 354 g/mol. The molecule has 3 aromatic heterocycles. The molecule has 1 aliphatic carbocycles. The van der Waals surface area contributed by atoms with Gasteiger partial charge in [-0.3, -0.25) is 9.78 Å². The Bertz CT molecular complexity index is 832. The number of rotatable bonds is 4. The van der Waals surface area contributed by atoms with Gasteiger partial charge in [-0.15, -0.1) is 21.5 Å². The van der Waals surface area contributed by atoms with Gasteiger partial charge in [0.1, 0.15) is 5.69 Å². The standard InChI is InChI=1S/C17H18N6OS/c24-17(13-7-3-4-10-18-13)19-12-6-1-2-8-14(12)23-21-16(20-22-23)15-9-5-11-25-15/h3-5,7,9-12,14H,1-2,6,8H2,(H,19,24)/t12-,14-/m0/s1. The summed E-state index contributed by atoms with van der Waals surface area (Å²) in [5.41, 5.74) is 0.428. The number of amides is 1. The highest BCUT2D eigenvalue weighted by atomic mass is 32.1. The lowest BCUT2D eigenvalue weighted by atomic mass is 9.90. The van der Waals surface area contributed by atoms with E-state index in [0.717, 1.165) is 30.6 Å². The molecule has 0 spiro atoms. The molecule has 128 valence electrons. The number of aromatic nitrogens is 5. The third-order valence-electron chi connectivity index (χ3n) is 4.41. The summed E-state index contributed by atoms with van der Waals surface area (Å²) in [5, 5.41) is 18.1. The number of thiophene rings is 1. The number of nitrogens with zero attached hydrogens (tertiary/aromatic N) is 5. The highest BCUT2D eigenvalue weighted by Crippen LogP contribution is 2.29. The Morgan fingerprint density at radius 3 is 2.92 bits per heavy atom. The minimum atomic E-state index is -0.156. The van der Waals surface area contributed by atoms with Crippen molar-refractivity contribution in [2.24, 2.45) is 0 Å². The van der Waals surface area contributed by atoms with Crippen molar-refractivity contribution in [3.05, 3.63) is 47.6 Å². The van der Waals surface area contributed by atoms with Crippen molar-refractivity contribution in [1.82, 2.24) is 30.5 Å². The number of carbonyl (C=O) groups is 1. The van der Waals surface area contributed by atoms with Crippen LogP contribution in [0.2, 0.25) is 0 Å². The van der Waals surface area contributed by atoms with E-state index in [0.29, 0.717) is 11.5 Å². The van der Waals surface area contributed by atoms with Crippen LogP contribution < -0.4 is 5.32 Å². The average Bonchev–Trinajstić information content (AvgIpc) is 3.34. The van der Waals surface area contributed by atoms with Crippen molar-refractivity contribution in [3.63, 3.8) is 0 Å². The van der Waals surface area contributed by atoms with E-state index in [-0.39, 0.29) is 18.0 Å². The number of hydrogen-bond acceptors (Lipinski definition) is 6. The van der Waals surface area contributed by atoms with Crippen LogP contribution in [0.3, 0.4) is 0 Å². The normalized spacial score (nSPS) is 20.3. The third-order valence-corrected chi connectivity index (χ3v) is 5.28. The first-order valence-corrected chi connectivity index (χ1v) is 9.24. The first-order chi connectivity index (χ1) is 12.3. The molecule has 1 amide bonds. The fourth-order valence-electron chi connectivity index (χ4n) is 3.17. The third kappa shape index (κ3) is 3.43. The largest absolute Gasteiger partial charge is 0.346 e. The van der Waals surface area contributed by atoms with E-state index >= 15 is 0 Å². The first kappa shape index (κ1) is 15.9. The van der Waals surface area contributed by atoms with Crippen LogP contribution in [0.15, 0.2) is 41.9 Å². The Hall–Kier alpha value is -2.61. The second-order valence-corrected chi connectivity index (χ2v) is 7.01. The number of nitrogens with one attached hydrogen (secondary N) is 1. The molecule has 7 nitrogen and oxygen atoms in total. The number of tetrazole rings is 1. The Kier molecular flexibility index (Phi) is 4.51. The molecule has 8 heteroatoms. The maximum atomic E-state index is 12.4. The van der Waals surface area contributed by atoms with E-state index in [1.807, 2.05) is 23.6 Å². The van der Waals surface area contributed by atoms with Gasteiger partial charge in [-0.2, -0.15) is 4.80 Å². The summed E-state index contributed by atoms with van der Waals surface area (Å²) in [4.78, 5) is 19.2. The number of hydrogen-bond donors (Lipinski definition) is 1. The minimum Gasteiger partial charge on any atom is -0.346 e. The fraction of sp³-hybridized carbons (Fsp3) is 0.353. The van der Waals surface area contributed by atoms with Gasteiger partial charge >= 0.3 is 0 Å². The molecular weight excluding hydrogens is 336 g/mol. The molecule has 25 heavy (non-hydrogen) atoms. The number of pyridine rings is 1. The highest BCUT2D eigenvalue weighted by molar-refractivity contribution is 7.13. The summed E-state index contributed by atoms with van der Waals surface area (Å²) >= 11 is 1.59. The highest BCUT2D eigenvalue weighted by Gasteiger charge is 2.30. The molecule has 1 fully saturated rings. The minimum absolute atomic E-state index is 0.0163. The molecule has 1 saturated carbocycles. The second kappa shape index (κ2) is 7.10. The fourth-order valence-corrected chi connectivity index (χ4v) is 3.81. The summed E-state index contributed by atoms with van der Waals surface area (Å²) in [6.07, 6.45) is 5.62. The van der Waals surface area contributed by atoms with E-state index in [9.17, 15) is 4.79 Å². The zero-order chi connectivity index (χ0) is 17.1. The van der Waals surface area contributed by atoms with Crippen molar-refractivity contribution in [1.29, 1.82) is 0 Å². The zero-order valence-electron chi connectivity index (χ0n) is 13.6. The van der Waals surface area contributed by atoms with E-state index < -0.39 is 0 Å². The second-order valence-electron chi connectivity index (χ2n) is 6.06. The lowest BCUT2D eigenvalue weighted by Crippen LogP contribution is -2.44. The summed E-state index contributed by atoms with van der Waals surface area (Å²) < 4.78 is 0. The molecule has 1 aliphatic rings. The molecule has 3 heterocycles. The van der Waals surface area contributed by atoms with Crippen LogP contribution in [0.4, 0.5) is 0 Å². The molecule has 0 aromatic carbocycles. The smallest absolute Gasteiger partial charge is 0.270 e. The van der Waals surface area contributed by atoms with Crippen LogP contribution >= 0.6 is 11.3 Å². The quantitative estimate of drug-likeness (QED) is 0.778. The van der Waals surface area contributed by atoms with Gasteiger partial charge in [0, 0.05) is 6.20 Å². The SMILES string of the molecule is O=C(N[C@H]1CCCC[C@@H]1n1nnc(-c2cccs2)n1)c1ccccn1. The molecule has 0 saturated heterocycles. The van der Waals surface area contributed by atoms with Gasteiger partial charge in [-0.05, 0) is 41.6 Å². The topological polar surface area (TPSA) is 85.6 Å². The molecular formula is C17H18N6OS. The summed E-state index contributed by atoms with van der Waals surface area (Å²) in [6.45, 7) is 0. The van der Waals surface area contributed by atoms with Gasteiger partial charge < -0.3 is 5.32 Å². The van der Waals surface area contributed by atoms with Crippen molar-refractivity contribution >= 4 is 17.2 Å². The summed E-state index contributed by atoms with van der Waals surface area (Å²) in [6, 6.07) is 9.27. The number of carbonyl (C=O) groups excluding carboxylic acids is 1. The lowest BCUT2D eigenvalue weighted by molar-refractivity contribution is 0.0895. The van der Waals surface area contributed by atoms with Gasteiger partial charge in [0.15, 0.2) is 0 Å². The molecule has 0 radical (unpaired) electrons. The summed E-state index contributed by atoms with van der Waals surface area (Å²) in [5.74, 6) is 0.478. The lowest BCUT2D eigenvalue weighted by Gasteiger charge is -2.30. The Balaban J connectivity index is 1.52. The molecule has 4 rings (SSSR count). The van der Waals surface area contributed by atoms with Crippen LogP contribution in [0.5, 0.6) is 0 Å². The predicted octanol–water partition coefficient (Wildman–Crippen LogP) is 2.71. The van der Waals surface area contributed by atoms with E-state index in [1.54, 1.807) is 34.5 Å². The Morgan fingerprint density at radius 1 is 1.20 bits per heavy atom. The van der Waals surface area contributed by atoms with E-state index in [4.69, 9.17) is 0 Å². The summed E-state index contributed by atoms with van der Waals surface area (Å²) in [7, 11) is 0. The molecule has 0 aliphatic heterocycles. The monoisotopic (exact) mass is 354 g/mol. The first-order valence-electron chi connectivity index (χ1n) is 8.36. The molecule has 3 aromatic rings. The van der Waals surface area contributed by atoms with Gasteiger partial charge in [-0.25, -0.2) is 0 Å². The van der Waals surface area contributed by atoms with Crippen molar-refractivity contribution in [2.75, 3.05) is 0 Å². The van der Waals surface area contributed by atoms with Gasteiger partial charge in [0.2, 0.25) is 5.82 Å². The van der Waals surface area contributed by atoms with E-state index in [2.05, 4.69) is 25.7 Å². The van der Waals surface area contributed by atoms with Crippen LogP contribution in [-0.2, 0) is 0 Å². The van der Waals surface area contributed by atoms with Crippen molar-refractivity contribution in [2.45, 2.75) is 37.8 Å². The van der Waals surface area contributed by atoms with Crippen LogP contribution in [-0.4, -0.2) is 37.1 Å². The van der Waals surface area contributed by atoms with Gasteiger partial charge in [0.05, 0.1) is 17.0 Å². The Labute approximate surface area is 149 Å². The van der Waals surface area contributed by atoms with Crippen LogP contribution in [0.1, 0.15) is 42.2 Å². The molecule has 2 atom stereocenters. The zero-order valence-corrected chi connectivity index (χ0v) is 14.4. The Morgan fingerprint density at radius 2 is 2.12 bits per heavy atom. The maximum Gasteiger partial charge on any atom is 0.270 e. The predicted molar refractivity (Wildman–Crippen MR) is 94.1 cm³/mol. The molecule has 0 unspecified atom stereocenters. The van der Waals surface area contributed by atoms with Gasteiger partial charge in [0.25, 0.3) is 5.91 Å². The van der Waals surface area contributed by atoms with Crippen LogP contribution in [0.25, 0.3) is 10.7 Å². The van der Waals surface area contributed by atoms with Crippen LogP contribution in [0, 0.1) is 0 Å². The molecule has 0 bridgehead atoms. The van der Waals surface area contributed by atoms with E-state index in [1.165, 1.54) is 0 Å². The molecule has 1 N–H and O–H groups in total.